The van der Waals surface area contributed by atoms with Crippen LogP contribution in [0.15, 0.2) is 113 Å². The molecule has 0 unspecified atom stereocenters. The molecule has 0 saturated carbocycles. The molecule has 4 rings (SSSR count). The van der Waals surface area contributed by atoms with Crippen LogP contribution in [0.2, 0.25) is 0 Å². The van der Waals surface area contributed by atoms with Crippen molar-refractivity contribution in [3.63, 3.8) is 0 Å². The second-order valence-corrected chi connectivity index (χ2v) is 6.43. The molecule has 0 saturated heterocycles. The Labute approximate surface area is 159 Å². The highest BCUT2D eigenvalue weighted by atomic mass is 15.2. The van der Waals surface area contributed by atoms with Crippen LogP contribution in [0.5, 0.6) is 0 Å². The van der Waals surface area contributed by atoms with Crippen LogP contribution in [-0.2, 0) is 0 Å². The van der Waals surface area contributed by atoms with Crippen molar-refractivity contribution in [1.29, 1.82) is 0 Å². The Kier molecular flexibility index (Phi) is 4.88. The highest BCUT2D eigenvalue weighted by Gasteiger charge is 2.06. The van der Waals surface area contributed by atoms with E-state index >= 15 is 0 Å². The van der Waals surface area contributed by atoms with Crippen molar-refractivity contribution in [2.24, 2.45) is 10.2 Å². The van der Waals surface area contributed by atoms with E-state index in [4.69, 9.17) is 0 Å². The predicted molar refractivity (Wildman–Crippen MR) is 115 cm³/mol. The van der Waals surface area contributed by atoms with E-state index in [1.165, 1.54) is 10.8 Å². The number of nitrogens with zero attached hydrogens (tertiary/aromatic N) is 2. The summed E-state index contributed by atoms with van der Waals surface area (Å²) in [5.74, 6) is 0. The molecule has 0 fully saturated rings. The first-order valence-corrected chi connectivity index (χ1v) is 9.03. The first-order chi connectivity index (χ1) is 13.3. The molecule has 0 atom stereocenters. The monoisotopic (exact) mass is 348 g/mol. The third-order valence-electron chi connectivity index (χ3n) is 4.56. The molecule has 2 heteroatoms. The van der Waals surface area contributed by atoms with Crippen LogP contribution in [0.4, 0.5) is 0 Å². The van der Waals surface area contributed by atoms with Crippen molar-refractivity contribution in [3.8, 4) is 0 Å². The van der Waals surface area contributed by atoms with Gasteiger partial charge in [0.2, 0.25) is 0 Å². The topological polar surface area (TPSA) is 24.7 Å². The summed E-state index contributed by atoms with van der Waals surface area (Å²) in [4.78, 5) is 0. The molecule has 4 aromatic rings. The van der Waals surface area contributed by atoms with Crippen molar-refractivity contribution in [2.45, 2.75) is 6.92 Å². The molecule has 0 aliphatic rings. The van der Waals surface area contributed by atoms with Crippen molar-refractivity contribution in [1.82, 2.24) is 0 Å². The van der Waals surface area contributed by atoms with E-state index in [1.807, 2.05) is 43.3 Å². The van der Waals surface area contributed by atoms with Crippen molar-refractivity contribution < 1.29 is 0 Å². The minimum Gasteiger partial charge on any atom is -0.155 e. The minimum absolute atomic E-state index is 0.872. The van der Waals surface area contributed by atoms with Gasteiger partial charge in [0.25, 0.3) is 0 Å². The second-order valence-electron chi connectivity index (χ2n) is 6.43. The van der Waals surface area contributed by atoms with E-state index in [0.29, 0.717) is 0 Å². The molecule has 130 valence electrons. The Balaban J connectivity index is 1.75. The van der Waals surface area contributed by atoms with Crippen molar-refractivity contribution in [2.75, 3.05) is 0 Å². The predicted octanol–water partition coefficient (Wildman–Crippen LogP) is 6.10. The lowest BCUT2D eigenvalue weighted by Gasteiger charge is -2.06. The molecule has 0 spiro atoms. The van der Waals surface area contributed by atoms with E-state index in [2.05, 4.69) is 76.9 Å². The Morgan fingerprint density at radius 2 is 1.07 bits per heavy atom. The van der Waals surface area contributed by atoms with Crippen LogP contribution >= 0.6 is 0 Å². The van der Waals surface area contributed by atoms with Gasteiger partial charge in [-0.3, -0.25) is 0 Å². The maximum atomic E-state index is 4.63. The molecule has 2 nitrogen and oxygen atoms in total. The molecule has 0 radical (unpaired) electrons. The molecular weight excluding hydrogens is 328 g/mol. The molecule has 0 aliphatic heterocycles. The zero-order chi connectivity index (χ0) is 18.5. The summed E-state index contributed by atoms with van der Waals surface area (Å²) in [6.07, 6.45) is 0. The van der Waals surface area contributed by atoms with Gasteiger partial charge in [-0.15, -0.1) is 5.10 Å². The van der Waals surface area contributed by atoms with Gasteiger partial charge < -0.3 is 0 Å². The van der Waals surface area contributed by atoms with E-state index in [9.17, 15) is 0 Å². The number of fused-ring (bicyclic) bond motifs is 1. The van der Waals surface area contributed by atoms with Gasteiger partial charge >= 0.3 is 0 Å². The summed E-state index contributed by atoms with van der Waals surface area (Å²) >= 11 is 0. The number of rotatable bonds is 4. The van der Waals surface area contributed by atoms with E-state index in [1.54, 1.807) is 0 Å². The van der Waals surface area contributed by atoms with Gasteiger partial charge in [-0.1, -0.05) is 97.1 Å². The zero-order valence-electron chi connectivity index (χ0n) is 15.2. The smallest absolute Gasteiger partial charge is 0.100 e. The van der Waals surface area contributed by atoms with Gasteiger partial charge in [-0.05, 0) is 29.3 Å². The fraction of sp³-hybridized carbons (Fsp3) is 0.0400. The van der Waals surface area contributed by atoms with Gasteiger partial charge in [0.1, 0.15) is 5.71 Å². The fourth-order valence-electron chi connectivity index (χ4n) is 3.07. The summed E-state index contributed by atoms with van der Waals surface area (Å²) in [6.45, 7) is 2.00. The summed E-state index contributed by atoms with van der Waals surface area (Å²) in [5, 5.41) is 11.6. The Hall–Kier alpha value is -3.52. The molecule has 27 heavy (non-hydrogen) atoms. The first kappa shape index (κ1) is 16.9. The van der Waals surface area contributed by atoms with Gasteiger partial charge in [0, 0.05) is 11.1 Å². The first-order valence-electron chi connectivity index (χ1n) is 9.03. The Bertz CT molecular complexity index is 1070. The average Bonchev–Trinajstić information content (AvgIpc) is 2.75. The minimum atomic E-state index is 0.872. The number of hydrogen-bond acceptors (Lipinski definition) is 2. The highest BCUT2D eigenvalue weighted by Crippen LogP contribution is 2.17. The average molecular weight is 348 g/mol. The summed E-state index contributed by atoms with van der Waals surface area (Å²) in [7, 11) is 0. The van der Waals surface area contributed by atoms with Gasteiger partial charge in [-0.25, -0.2) is 0 Å². The summed E-state index contributed by atoms with van der Waals surface area (Å²) < 4.78 is 0. The molecule has 0 N–H and O–H groups in total. The van der Waals surface area contributed by atoms with E-state index in [-0.39, 0.29) is 0 Å². The zero-order valence-corrected chi connectivity index (χ0v) is 15.2. The highest BCUT2D eigenvalue weighted by molar-refractivity contribution is 6.13. The quantitative estimate of drug-likeness (QED) is 0.314. The van der Waals surface area contributed by atoms with Crippen LogP contribution in [0.1, 0.15) is 23.6 Å². The molecule has 0 heterocycles. The Morgan fingerprint density at radius 3 is 1.70 bits per heavy atom. The normalized spacial score (nSPS) is 11.4. The van der Waals surface area contributed by atoms with Gasteiger partial charge in [-0.2, -0.15) is 5.10 Å². The third-order valence-corrected chi connectivity index (χ3v) is 4.56. The maximum absolute atomic E-state index is 4.63. The molecule has 0 aliphatic carbocycles. The van der Waals surface area contributed by atoms with E-state index < -0.39 is 0 Å². The van der Waals surface area contributed by atoms with Crippen LogP contribution in [0.25, 0.3) is 10.8 Å². The summed E-state index contributed by atoms with van der Waals surface area (Å²) in [6, 6.07) is 35.1. The molecule has 0 aromatic heterocycles. The maximum Gasteiger partial charge on any atom is 0.100 e. The van der Waals surface area contributed by atoms with Gasteiger partial charge in [0.15, 0.2) is 0 Å². The lowest BCUT2D eigenvalue weighted by Crippen LogP contribution is -2.03. The molecular formula is C25H20N2. The van der Waals surface area contributed by atoms with Gasteiger partial charge in [0.05, 0.1) is 5.71 Å². The van der Waals surface area contributed by atoms with Crippen LogP contribution in [0, 0.1) is 0 Å². The van der Waals surface area contributed by atoms with Crippen LogP contribution in [0.3, 0.4) is 0 Å². The standard InChI is InChI=1S/C25H20N2/c1-19(23-17-16-20-10-8-9-15-24(20)18-23)26-27-25(21-11-4-2-5-12-21)22-13-6-3-7-14-22/h2-18H,1H3. The SMILES string of the molecule is CC(=NN=C(c1ccccc1)c1ccccc1)c1ccc2ccccc2c1. The van der Waals surface area contributed by atoms with Crippen molar-refractivity contribution >= 4 is 22.2 Å². The molecule has 4 aromatic carbocycles. The largest absolute Gasteiger partial charge is 0.155 e. The van der Waals surface area contributed by atoms with Crippen molar-refractivity contribution in [3.05, 3.63) is 120 Å². The number of benzene rings is 4. The van der Waals surface area contributed by atoms with E-state index in [0.717, 1.165) is 28.1 Å². The Morgan fingerprint density at radius 1 is 0.519 bits per heavy atom. The summed E-state index contributed by atoms with van der Waals surface area (Å²) in [5.41, 5.74) is 4.96. The van der Waals surface area contributed by atoms with Crippen LogP contribution < -0.4 is 0 Å². The number of hydrogen-bond donors (Lipinski definition) is 0. The molecule has 0 amide bonds. The fourth-order valence-corrected chi connectivity index (χ4v) is 3.07. The second kappa shape index (κ2) is 7.79. The van der Waals surface area contributed by atoms with Crippen LogP contribution in [-0.4, -0.2) is 11.4 Å². The lowest BCUT2D eigenvalue weighted by atomic mass is 10.0. The third kappa shape index (κ3) is 3.85. The lowest BCUT2D eigenvalue weighted by molar-refractivity contribution is 1.22. The molecule has 0 bridgehead atoms.